The molecule has 3 unspecified atom stereocenters. The zero-order valence-electron chi connectivity index (χ0n) is 13.0. The molecule has 1 aliphatic rings. The lowest BCUT2D eigenvalue weighted by atomic mass is 9.95. The van der Waals surface area contributed by atoms with Crippen molar-refractivity contribution in [2.45, 2.75) is 51.5 Å². The second kappa shape index (κ2) is 8.50. The second-order valence-corrected chi connectivity index (χ2v) is 6.29. The van der Waals surface area contributed by atoms with Crippen LogP contribution in [0, 0.1) is 17.7 Å². The molecule has 0 bridgehead atoms. The Bertz CT molecular complexity index is 406. The van der Waals surface area contributed by atoms with Crippen LogP contribution in [0.3, 0.4) is 0 Å². The van der Waals surface area contributed by atoms with Gasteiger partial charge in [0.15, 0.2) is 0 Å². The maximum Gasteiger partial charge on any atom is 0.123 e. The Morgan fingerprint density at radius 1 is 1.24 bits per heavy atom. The zero-order valence-corrected chi connectivity index (χ0v) is 13.0. The average molecular weight is 293 g/mol. The van der Waals surface area contributed by atoms with Crippen LogP contribution in [0.4, 0.5) is 4.39 Å². The molecule has 0 aliphatic heterocycles. The predicted octanol–water partition coefficient (Wildman–Crippen LogP) is 4.06. The molecule has 1 fully saturated rings. The Morgan fingerprint density at radius 3 is 2.62 bits per heavy atom. The first-order chi connectivity index (χ1) is 10.2. The lowest BCUT2D eigenvalue weighted by Gasteiger charge is -2.24. The summed E-state index contributed by atoms with van der Waals surface area (Å²) in [5.74, 6) is 0.862. The van der Waals surface area contributed by atoms with Crippen molar-refractivity contribution in [3.63, 3.8) is 0 Å². The van der Waals surface area contributed by atoms with Crippen molar-refractivity contribution in [1.29, 1.82) is 0 Å². The van der Waals surface area contributed by atoms with Crippen LogP contribution < -0.4 is 5.32 Å². The van der Waals surface area contributed by atoms with Gasteiger partial charge >= 0.3 is 0 Å². The molecular formula is C18H28FNO. The molecule has 0 aromatic heterocycles. The third kappa shape index (κ3) is 4.79. The summed E-state index contributed by atoms with van der Waals surface area (Å²) in [4.78, 5) is 0. The van der Waals surface area contributed by atoms with E-state index < -0.39 is 0 Å². The van der Waals surface area contributed by atoms with Crippen LogP contribution in [0.25, 0.3) is 0 Å². The van der Waals surface area contributed by atoms with Crippen LogP contribution in [0.5, 0.6) is 0 Å². The van der Waals surface area contributed by atoms with E-state index in [1.54, 1.807) is 12.1 Å². The lowest BCUT2D eigenvalue weighted by Crippen LogP contribution is -2.30. The summed E-state index contributed by atoms with van der Waals surface area (Å²) < 4.78 is 13.1. The smallest absolute Gasteiger partial charge is 0.123 e. The zero-order chi connectivity index (χ0) is 15.1. The number of rotatable bonds is 8. The first kappa shape index (κ1) is 16.4. The third-order valence-electron chi connectivity index (χ3n) is 4.80. The van der Waals surface area contributed by atoms with E-state index in [0.717, 1.165) is 19.4 Å². The van der Waals surface area contributed by atoms with E-state index in [1.165, 1.54) is 31.2 Å². The van der Waals surface area contributed by atoms with Crippen LogP contribution in [-0.2, 0) is 0 Å². The Balaban J connectivity index is 1.94. The molecule has 0 spiro atoms. The summed E-state index contributed by atoms with van der Waals surface area (Å²) in [6, 6.07) is 7.16. The molecule has 1 saturated carbocycles. The molecule has 118 valence electrons. The van der Waals surface area contributed by atoms with Crippen LogP contribution in [0.15, 0.2) is 24.3 Å². The number of aliphatic hydroxyl groups excluding tert-OH is 1. The highest BCUT2D eigenvalue weighted by molar-refractivity contribution is 5.19. The van der Waals surface area contributed by atoms with E-state index in [2.05, 4.69) is 12.2 Å². The molecule has 0 heterocycles. The van der Waals surface area contributed by atoms with Crippen molar-refractivity contribution in [2.24, 2.45) is 11.8 Å². The first-order valence-electron chi connectivity index (χ1n) is 8.34. The lowest BCUT2D eigenvalue weighted by molar-refractivity contribution is 0.189. The first-order valence-corrected chi connectivity index (χ1v) is 8.34. The van der Waals surface area contributed by atoms with Gasteiger partial charge in [0.25, 0.3) is 0 Å². The fourth-order valence-corrected chi connectivity index (χ4v) is 3.41. The fraction of sp³-hybridized carbons (Fsp3) is 0.667. The standard InChI is InChI=1S/C18H28FNO/c1-2-3-7-18(14-8-10-17(19)11-9-14)20-12-15-5-4-6-16(15)13-21/h8-11,15-16,18,20-21H,2-7,12-13H2,1H3. The summed E-state index contributed by atoms with van der Waals surface area (Å²) in [7, 11) is 0. The highest BCUT2D eigenvalue weighted by Gasteiger charge is 2.27. The molecule has 2 nitrogen and oxygen atoms in total. The Morgan fingerprint density at radius 2 is 1.95 bits per heavy atom. The SMILES string of the molecule is CCCCC(NCC1CCCC1CO)c1ccc(F)cc1. The average Bonchev–Trinajstić information content (AvgIpc) is 2.96. The van der Waals surface area contributed by atoms with E-state index in [1.807, 2.05) is 12.1 Å². The van der Waals surface area contributed by atoms with Gasteiger partial charge in [0.2, 0.25) is 0 Å². The fourth-order valence-electron chi connectivity index (χ4n) is 3.41. The molecule has 3 heteroatoms. The Labute approximate surface area is 127 Å². The maximum atomic E-state index is 13.1. The molecule has 3 atom stereocenters. The van der Waals surface area contributed by atoms with Gasteiger partial charge < -0.3 is 10.4 Å². The number of unbranched alkanes of at least 4 members (excludes halogenated alkanes) is 1. The van der Waals surface area contributed by atoms with Crippen LogP contribution >= 0.6 is 0 Å². The normalized spacial score (nSPS) is 23.4. The number of aliphatic hydroxyl groups is 1. The molecule has 2 N–H and O–H groups in total. The number of hydrogen-bond donors (Lipinski definition) is 2. The van der Waals surface area contributed by atoms with Gasteiger partial charge in [-0.05, 0) is 55.3 Å². The highest BCUT2D eigenvalue weighted by Crippen LogP contribution is 2.31. The summed E-state index contributed by atoms with van der Waals surface area (Å²) >= 11 is 0. The van der Waals surface area contributed by atoms with Crippen LogP contribution in [-0.4, -0.2) is 18.3 Å². The Kier molecular flexibility index (Phi) is 6.65. The van der Waals surface area contributed by atoms with Crippen molar-refractivity contribution in [3.05, 3.63) is 35.6 Å². The van der Waals surface area contributed by atoms with Gasteiger partial charge in [0.1, 0.15) is 5.82 Å². The van der Waals surface area contributed by atoms with Crippen molar-refractivity contribution in [3.8, 4) is 0 Å². The van der Waals surface area contributed by atoms with Crippen molar-refractivity contribution < 1.29 is 9.50 Å². The minimum Gasteiger partial charge on any atom is -0.396 e. The molecule has 0 radical (unpaired) electrons. The van der Waals surface area contributed by atoms with Gasteiger partial charge in [-0.15, -0.1) is 0 Å². The van der Waals surface area contributed by atoms with E-state index in [9.17, 15) is 9.50 Å². The van der Waals surface area contributed by atoms with Crippen LogP contribution in [0.2, 0.25) is 0 Å². The van der Waals surface area contributed by atoms with Gasteiger partial charge in [0, 0.05) is 12.6 Å². The molecule has 21 heavy (non-hydrogen) atoms. The molecule has 1 aromatic carbocycles. The summed E-state index contributed by atoms with van der Waals surface area (Å²) in [5, 5.41) is 13.1. The van der Waals surface area contributed by atoms with Gasteiger partial charge in [-0.3, -0.25) is 0 Å². The van der Waals surface area contributed by atoms with Crippen molar-refractivity contribution in [2.75, 3.05) is 13.2 Å². The minimum absolute atomic E-state index is 0.177. The van der Waals surface area contributed by atoms with E-state index in [4.69, 9.17) is 0 Å². The monoisotopic (exact) mass is 293 g/mol. The second-order valence-electron chi connectivity index (χ2n) is 6.29. The van der Waals surface area contributed by atoms with E-state index in [-0.39, 0.29) is 5.82 Å². The maximum absolute atomic E-state index is 13.1. The van der Waals surface area contributed by atoms with Crippen molar-refractivity contribution in [1.82, 2.24) is 5.32 Å². The molecule has 0 saturated heterocycles. The van der Waals surface area contributed by atoms with Gasteiger partial charge in [-0.2, -0.15) is 0 Å². The third-order valence-corrected chi connectivity index (χ3v) is 4.80. The Hall–Kier alpha value is -0.930. The summed E-state index contributed by atoms with van der Waals surface area (Å²) in [6.45, 7) is 3.46. The molecule has 2 rings (SSSR count). The molecule has 0 amide bonds. The molecular weight excluding hydrogens is 265 g/mol. The largest absolute Gasteiger partial charge is 0.396 e. The van der Waals surface area contributed by atoms with Gasteiger partial charge in [-0.25, -0.2) is 4.39 Å². The van der Waals surface area contributed by atoms with Crippen LogP contribution in [0.1, 0.15) is 57.1 Å². The minimum atomic E-state index is -0.177. The molecule has 1 aliphatic carbocycles. The van der Waals surface area contributed by atoms with Gasteiger partial charge in [0.05, 0.1) is 0 Å². The van der Waals surface area contributed by atoms with Gasteiger partial charge in [-0.1, -0.05) is 38.3 Å². The van der Waals surface area contributed by atoms with Crippen molar-refractivity contribution >= 4 is 0 Å². The number of benzene rings is 1. The summed E-state index contributed by atoms with van der Waals surface area (Å²) in [6.07, 6.45) is 7.01. The van der Waals surface area contributed by atoms with E-state index in [0.29, 0.717) is 24.5 Å². The number of halogens is 1. The quantitative estimate of drug-likeness (QED) is 0.757. The summed E-state index contributed by atoms with van der Waals surface area (Å²) in [5.41, 5.74) is 1.17. The number of nitrogens with one attached hydrogen (secondary N) is 1. The van der Waals surface area contributed by atoms with E-state index >= 15 is 0 Å². The highest BCUT2D eigenvalue weighted by atomic mass is 19.1. The topological polar surface area (TPSA) is 32.3 Å². The number of hydrogen-bond acceptors (Lipinski definition) is 2. The molecule has 1 aromatic rings. The predicted molar refractivity (Wildman–Crippen MR) is 84.6 cm³/mol.